The number of nitrogens with zero attached hydrogens (tertiary/aromatic N) is 2. The molecule has 6 heteroatoms. The van der Waals surface area contributed by atoms with Crippen LogP contribution in [0.1, 0.15) is 11.3 Å². The van der Waals surface area contributed by atoms with Gasteiger partial charge in [-0.25, -0.2) is 9.97 Å². The third-order valence-electron chi connectivity index (χ3n) is 2.17. The molecule has 0 aliphatic rings. The first-order valence-corrected chi connectivity index (χ1v) is 6.78. The molecule has 0 saturated heterocycles. The number of nitrogen functional groups attached to an aromatic ring is 1. The summed E-state index contributed by atoms with van der Waals surface area (Å²) in [7, 11) is 0. The number of amidine groups is 1. The zero-order valence-corrected chi connectivity index (χ0v) is 12.0. The molecule has 92 valence electrons. The second-order valence-electron chi connectivity index (χ2n) is 3.64. The molecule has 0 spiro atoms. The third-order valence-corrected chi connectivity index (χ3v) is 4.01. The van der Waals surface area contributed by atoms with Crippen LogP contribution in [0.3, 0.4) is 0 Å². The second kappa shape index (κ2) is 5.49. The van der Waals surface area contributed by atoms with Crippen molar-refractivity contribution in [3.05, 3.63) is 46.2 Å². The lowest BCUT2D eigenvalue weighted by Gasteiger charge is -2.06. The maximum atomic E-state index is 7.47. The van der Waals surface area contributed by atoms with Gasteiger partial charge in [0.1, 0.15) is 15.9 Å². The van der Waals surface area contributed by atoms with Crippen LogP contribution >= 0.6 is 27.7 Å². The molecule has 3 N–H and O–H groups in total. The van der Waals surface area contributed by atoms with Crippen molar-refractivity contribution in [1.29, 1.82) is 5.41 Å². The highest BCUT2D eigenvalue weighted by molar-refractivity contribution is 9.10. The summed E-state index contributed by atoms with van der Waals surface area (Å²) in [5.74, 6) is 0.0439. The van der Waals surface area contributed by atoms with Crippen molar-refractivity contribution in [2.24, 2.45) is 5.73 Å². The summed E-state index contributed by atoms with van der Waals surface area (Å²) in [6.45, 7) is 1.88. The van der Waals surface area contributed by atoms with E-state index in [-0.39, 0.29) is 5.84 Å². The van der Waals surface area contributed by atoms with Crippen molar-refractivity contribution in [1.82, 2.24) is 9.97 Å². The van der Waals surface area contributed by atoms with E-state index in [2.05, 4.69) is 25.9 Å². The maximum Gasteiger partial charge on any atom is 0.122 e. The Hall–Kier alpha value is -1.40. The molecule has 2 aromatic heterocycles. The molecule has 0 saturated carbocycles. The minimum Gasteiger partial charge on any atom is -0.384 e. The molecule has 2 rings (SSSR count). The number of pyridine rings is 2. The summed E-state index contributed by atoms with van der Waals surface area (Å²) in [4.78, 5) is 8.67. The van der Waals surface area contributed by atoms with Gasteiger partial charge in [-0.2, -0.15) is 0 Å². The van der Waals surface area contributed by atoms with Gasteiger partial charge < -0.3 is 5.73 Å². The predicted octanol–water partition coefficient (Wildman–Crippen LogP) is 2.98. The lowest BCUT2D eigenvalue weighted by molar-refractivity contribution is 1.04. The van der Waals surface area contributed by atoms with Crippen molar-refractivity contribution >= 4 is 33.5 Å². The van der Waals surface area contributed by atoms with Crippen LogP contribution in [0.5, 0.6) is 0 Å². The molecular formula is C12H11BrN4S. The van der Waals surface area contributed by atoms with Gasteiger partial charge in [0.25, 0.3) is 0 Å². The number of rotatable bonds is 3. The number of nitrogens with two attached hydrogens (primary N) is 1. The fourth-order valence-electron chi connectivity index (χ4n) is 1.39. The number of nitrogens with one attached hydrogen (secondary N) is 1. The molecule has 0 aromatic carbocycles. The van der Waals surface area contributed by atoms with Gasteiger partial charge in [-0.15, -0.1) is 0 Å². The normalized spacial score (nSPS) is 10.3. The van der Waals surface area contributed by atoms with Gasteiger partial charge in [0.15, 0.2) is 0 Å². The van der Waals surface area contributed by atoms with Crippen LogP contribution in [0.25, 0.3) is 0 Å². The summed E-state index contributed by atoms with van der Waals surface area (Å²) < 4.78 is 0.919. The quantitative estimate of drug-likeness (QED) is 0.672. The van der Waals surface area contributed by atoms with E-state index < -0.39 is 0 Å². The number of hydrogen-bond donors (Lipinski definition) is 2. The van der Waals surface area contributed by atoms with Gasteiger partial charge in [0.2, 0.25) is 0 Å². The van der Waals surface area contributed by atoms with E-state index in [1.54, 1.807) is 18.3 Å². The molecule has 0 aliphatic heterocycles. The molecule has 0 amide bonds. The summed E-state index contributed by atoms with van der Waals surface area (Å²) >= 11 is 4.88. The highest BCUT2D eigenvalue weighted by Crippen LogP contribution is 2.30. The van der Waals surface area contributed by atoms with Crippen molar-refractivity contribution in [2.45, 2.75) is 17.0 Å². The van der Waals surface area contributed by atoms with Gasteiger partial charge >= 0.3 is 0 Å². The molecule has 4 nitrogen and oxygen atoms in total. The van der Waals surface area contributed by atoms with Crippen molar-refractivity contribution in [3.8, 4) is 0 Å². The molecule has 0 fully saturated rings. The van der Waals surface area contributed by atoms with Crippen LogP contribution in [0.2, 0.25) is 0 Å². The Bertz CT molecular complexity index is 600. The van der Waals surface area contributed by atoms with Crippen LogP contribution in [-0.2, 0) is 0 Å². The van der Waals surface area contributed by atoms with E-state index in [0.29, 0.717) is 5.56 Å². The Kier molecular flexibility index (Phi) is 3.98. The Labute approximate surface area is 118 Å². The van der Waals surface area contributed by atoms with Gasteiger partial charge in [-0.3, -0.25) is 5.41 Å². The van der Waals surface area contributed by atoms with Crippen LogP contribution in [0, 0.1) is 12.3 Å². The van der Waals surface area contributed by atoms with Crippen LogP contribution in [0.15, 0.2) is 45.0 Å². The van der Waals surface area contributed by atoms with Crippen molar-refractivity contribution in [2.75, 3.05) is 0 Å². The molecule has 0 unspecified atom stereocenters. The maximum absolute atomic E-state index is 7.47. The first-order valence-electron chi connectivity index (χ1n) is 5.17. The minimum absolute atomic E-state index is 0.0439. The molecule has 2 heterocycles. The number of aromatic nitrogens is 2. The van der Waals surface area contributed by atoms with Crippen molar-refractivity contribution < 1.29 is 0 Å². The van der Waals surface area contributed by atoms with Gasteiger partial charge in [-0.1, -0.05) is 0 Å². The largest absolute Gasteiger partial charge is 0.384 e. The van der Waals surface area contributed by atoms with Crippen LogP contribution in [0.4, 0.5) is 0 Å². The number of aryl methyl sites for hydroxylation is 1. The van der Waals surface area contributed by atoms with Gasteiger partial charge in [0, 0.05) is 17.5 Å². The molecule has 0 aliphatic carbocycles. The summed E-state index contributed by atoms with van der Waals surface area (Å²) in [5.41, 5.74) is 7.00. The first kappa shape index (κ1) is 13.0. The zero-order valence-electron chi connectivity index (χ0n) is 9.64. The lowest BCUT2D eigenvalue weighted by Crippen LogP contribution is -2.11. The standard InChI is InChI=1S/C12H11BrN4S/c1-7-5-8(11(14)15)6-10(17-7)18-12-9(13)3-2-4-16-12/h2-6H,1H3,(H3,14,15). The van der Waals surface area contributed by atoms with E-state index in [9.17, 15) is 0 Å². The highest BCUT2D eigenvalue weighted by atomic mass is 79.9. The summed E-state index contributed by atoms with van der Waals surface area (Å²) in [5, 5.41) is 9.08. The van der Waals surface area contributed by atoms with E-state index in [0.717, 1.165) is 20.2 Å². The molecule has 18 heavy (non-hydrogen) atoms. The van der Waals surface area contributed by atoms with Gasteiger partial charge in [-0.05, 0) is 58.9 Å². The molecule has 2 aromatic rings. The zero-order chi connectivity index (χ0) is 13.1. The van der Waals surface area contributed by atoms with Crippen LogP contribution in [-0.4, -0.2) is 15.8 Å². The average Bonchev–Trinajstić information content (AvgIpc) is 2.31. The Morgan fingerprint density at radius 3 is 2.89 bits per heavy atom. The lowest BCUT2D eigenvalue weighted by atomic mass is 10.2. The monoisotopic (exact) mass is 322 g/mol. The molecular weight excluding hydrogens is 312 g/mol. The predicted molar refractivity (Wildman–Crippen MR) is 76.1 cm³/mol. The third kappa shape index (κ3) is 3.08. The van der Waals surface area contributed by atoms with E-state index in [4.69, 9.17) is 11.1 Å². The Balaban J connectivity index is 2.35. The highest BCUT2D eigenvalue weighted by Gasteiger charge is 2.07. The van der Waals surface area contributed by atoms with E-state index in [1.165, 1.54) is 11.8 Å². The van der Waals surface area contributed by atoms with Gasteiger partial charge in [0.05, 0.1) is 4.47 Å². The minimum atomic E-state index is 0.0439. The summed E-state index contributed by atoms with van der Waals surface area (Å²) in [6.07, 6.45) is 1.73. The number of halogens is 1. The SMILES string of the molecule is Cc1cc(C(=N)N)cc(Sc2ncccc2Br)n1. The molecule has 0 atom stereocenters. The first-order chi connectivity index (χ1) is 8.56. The van der Waals surface area contributed by atoms with E-state index in [1.807, 2.05) is 19.1 Å². The topological polar surface area (TPSA) is 75.7 Å². The fraction of sp³-hybridized carbons (Fsp3) is 0.0833. The summed E-state index contributed by atoms with van der Waals surface area (Å²) in [6, 6.07) is 7.37. The van der Waals surface area contributed by atoms with E-state index >= 15 is 0 Å². The van der Waals surface area contributed by atoms with Crippen LogP contribution < -0.4 is 5.73 Å². The fourth-order valence-corrected chi connectivity index (χ4v) is 2.74. The smallest absolute Gasteiger partial charge is 0.122 e. The van der Waals surface area contributed by atoms with Crippen molar-refractivity contribution in [3.63, 3.8) is 0 Å². The Morgan fingerprint density at radius 2 is 2.22 bits per heavy atom. The Morgan fingerprint density at radius 1 is 1.44 bits per heavy atom. The average molecular weight is 323 g/mol. The molecule has 0 radical (unpaired) electrons. The second-order valence-corrected chi connectivity index (χ2v) is 5.50. The molecule has 0 bridgehead atoms. The number of hydrogen-bond acceptors (Lipinski definition) is 4.